The molecule has 198 valence electrons. The summed E-state index contributed by atoms with van der Waals surface area (Å²) in [6, 6.07) is 11.2. The van der Waals surface area contributed by atoms with Gasteiger partial charge in [0.05, 0.1) is 10.4 Å². The minimum absolute atomic E-state index is 0.0353. The number of aromatic nitrogens is 1. The molecule has 0 radical (unpaired) electrons. The van der Waals surface area contributed by atoms with Gasteiger partial charge in [-0.3, -0.25) is 10.1 Å². The summed E-state index contributed by atoms with van der Waals surface area (Å²) >= 11 is 0. The molecule has 1 aromatic heterocycles. The van der Waals surface area contributed by atoms with Crippen molar-refractivity contribution in [1.82, 2.24) is 14.2 Å². The Labute approximate surface area is 218 Å². The molecular weight excluding hydrogens is 492 g/mol. The SMILES string of the molecule is CN/C(=C\N(C)C)C(=O)c1cc2cc(C)c(NC(=O)OC(C)(C)C)cc2n1S(=O)(=O)c1ccc(C)cc1. The molecule has 0 aliphatic carbocycles. The van der Waals surface area contributed by atoms with Crippen molar-refractivity contribution < 1.29 is 22.7 Å². The lowest BCUT2D eigenvalue weighted by Gasteiger charge is -2.20. The van der Waals surface area contributed by atoms with Crippen LogP contribution < -0.4 is 10.6 Å². The van der Waals surface area contributed by atoms with Crippen LogP contribution in [0.1, 0.15) is 42.4 Å². The first-order valence-electron chi connectivity index (χ1n) is 11.7. The number of ether oxygens (including phenoxy) is 1. The van der Waals surface area contributed by atoms with Gasteiger partial charge in [0.1, 0.15) is 17.0 Å². The summed E-state index contributed by atoms with van der Waals surface area (Å²) in [6.07, 6.45) is 0.918. The van der Waals surface area contributed by atoms with Gasteiger partial charge in [-0.2, -0.15) is 0 Å². The van der Waals surface area contributed by atoms with Crippen LogP contribution in [0.15, 0.2) is 59.3 Å². The average molecular weight is 527 g/mol. The third-order valence-corrected chi connectivity index (χ3v) is 7.17. The molecule has 0 bridgehead atoms. The van der Waals surface area contributed by atoms with Crippen LogP contribution in [0.3, 0.4) is 0 Å². The summed E-state index contributed by atoms with van der Waals surface area (Å²) in [7, 11) is 0.941. The minimum atomic E-state index is -4.19. The zero-order chi connectivity index (χ0) is 27.7. The first-order valence-corrected chi connectivity index (χ1v) is 13.2. The Morgan fingerprint density at radius 3 is 2.19 bits per heavy atom. The van der Waals surface area contributed by atoms with Gasteiger partial charge in [-0.25, -0.2) is 17.2 Å². The molecule has 0 unspecified atom stereocenters. The largest absolute Gasteiger partial charge is 0.444 e. The van der Waals surface area contributed by atoms with Crippen LogP contribution in [-0.2, 0) is 14.8 Å². The van der Waals surface area contributed by atoms with E-state index < -0.39 is 27.5 Å². The zero-order valence-corrected chi connectivity index (χ0v) is 23.3. The van der Waals surface area contributed by atoms with E-state index in [1.807, 2.05) is 6.92 Å². The van der Waals surface area contributed by atoms with Gasteiger partial charge in [0.2, 0.25) is 5.78 Å². The molecule has 2 aromatic carbocycles. The van der Waals surface area contributed by atoms with E-state index in [4.69, 9.17) is 4.74 Å². The summed E-state index contributed by atoms with van der Waals surface area (Å²) in [4.78, 5) is 27.8. The van der Waals surface area contributed by atoms with Crippen molar-refractivity contribution in [2.45, 2.75) is 45.1 Å². The number of nitrogens with one attached hydrogen (secondary N) is 2. The summed E-state index contributed by atoms with van der Waals surface area (Å²) in [5.41, 5.74) is 1.68. The molecule has 1 heterocycles. The first-order chi connectivity index (χ1) is 17.1. The highest BCUT2D eigenvalue weighted by atomic mass is 32.2. The van der Waals surface area contributed by atoms with Crippen LogP contribution in [0.2, 0.25) is 0 Å². The molecule has 3 aromatic rings. The first kappa shape index (κ1) is 27.8. The highest BCUT2D eigenvalue weighted by Gasteiger charge is 2.29. The van der Waals surface area contributed by atoms with E-state index in [2.05, 4.69) is 10.6 Å². The van der Waals surface area contributed by atoms with E-state index in [-0.39, 0.29) is 21.8 Å². The summed E-state index contributed by atoms with van der Waals surface area (Å²) in [5, 5.41) is 6.09. The zero-order valence-electron chi connectivity index (χ0n) is 22.5. The van der Waals surface area contributed by atoms with Crippen molar-refractivity contribution in [3.63, 3.8) is 0 Å². The van der Waals surface area contributed by atoms with Crippen LogP contribution in [0.4, 0.5) is 10.5 Å². The van der Waals surface area contributed by atoms with Crippen molar-refractivity contribution >= 4 is 38.5 Å². The van der Waals surface area contributed by atoms with Crippen LogP contribution in [0.25, 0.3) is 10.9 Å². The highest BCUT2D eigenvalue weighted by molar-refractivity contribution is 7.90. The van der Waals surface area contributed by atoms with Crippen molar-refractivity contribution in [3.8, 4) is 0 Å². The van der Waals surface area contributed by atoms with Gasteiger partial charge >= 0.3 is 6.09 Å². The number of carbonyl (C=O) groups is 2. The second kappa shape index (κ2) is 10.3. The van der Waals surface area contributed by atoms with Gasteiger partial charge < -0.3 is 15.0 Å². The number of allylic oxidation sites excluding steroid dienone is 1. The number of benzene rings is 2. The van der Waals surface area contributed by atoms with Gasteiger partial charge in [-0.15, -0.1) is 0 Å². The fourth-order valence-corrected chi connectivity index (χ4v) is 5.26. The van der Waals surface area contributed by atoms with Crippen LogP contribution in [0.5, 0.6) is 0 Å². The normalized spacial score (nSPS) is 12.4. The molecule has 0 saturated carbocycles. The second-order valence-corrected chi connectivity index (χ2v) is 11.8. The molecule has 37 heavy (non-hydrogen) atoms. The number of anilines is 1. The molecule has 2 N–H and O–H groups in total. The number of hydrogen-bond donors (Lipinski definition) is 2. The molecule has 0 fully saturated rings. The highest BCUT2D eigenvalue weighted by Crippen LogP contribution is 2.31. The molecule has 0 atom stereocenters. The lowest BCUT2D eigenvalue weighted by Crippen LogP contribution is -2.27. The fourth-order valence-electron chi connectivity index (χ4n) is 3.76. The number of Topliss-reactive ketones (excluding diaryl/α,β-unsaturated/α-hetero) is 1. The number of fused-ring (bicyclic) bond motifs is 1. The Bertz CT molecular complexity index is 1480. The number of hydrogen-bond acceptors (Lipinski definition) is 7. The van der Waals surface area contributed by atoms with Gasteiger partial charge in [-0.05, 0) is 70.5 Å². The maximum absolute atomic E-state index is 13.9. The number of rotatable bonds is 7. The molecular formula is C27H34N4O5S. The molecule has 1 amide bonds. The Hall–Kier alpha value is -3.79. The lowest BCUT2D eigenvalue weighted by molar-refractivity contribution is 0.0635. The fraction of sp³-hybridized carbons (Fsp3) is 0.333. The third kappa shape index (κ3) is 6.14. The third-order valence-electron chi connectivity index (χ3n) is 5.43. The maximum atomic E-state index is 13.9. The summed E-state index contributed by atoms with van der Waals surface area (Å²) in [5.74, 6) is -0.498. The van der Waals surface area contributed by atoms with E-state index in [9.17, 15) is 18.0 Å². The van der Waals surface area contributed by atoms with Crippen LogP contribution in [-0.4, -0.2) is 55.9 Å². The summed E-state index contributed by atoms with van der Waals surface area (Å²) in [6.45, 7) is 8.89. The lowest BCUT2D eigenvalue weighted by atomic mass is 10.1. The van der Waals surface area contributed by atoms with Gasteiger partial charge in [0.15, 0.2) is 0 Å². The molecule has 0 aliphatic rings. The van der Waals surface area contributed by atoms with Crippen LogP contribution in [0, 0.1) is 13.8 Å². The van der Waals surface area contributed by atoms with Crippen molar-refractivity contribution in [3.05, 3.63) is 71.2 Å². The van der Waals surface area contributed by atoms with Crippen molar-refractivity contribution in [2.75, 3.05) is 26.5 Å². The monoisotopic (exact) mass is 526 g/mol. The predicted molar refractivity (Wildman–Crippen MR) is 145 cm³/mol. The molecule has 10 heteroatoms. The number of amides is 1. The van der Waals surface area contributed by atoms with E-state index in [0.29, 0.717) is 16.6 Å². The number of carbonyl (C=O) groups excluding carboxylic acids is 2. The van der Waals surface area contributed by atoms with Crippen molar-refractivity contribution in [1.29, 1.82) is 0 Å². The number of likely N-dealkylation sites (N-methyl/N-ethyl adjacent to an activating group) is 1. The van der Waals surface area contributed by atoms with E-state index >= 15 is 0 Å². The predicted octanol–water partition coefficient (Wildman–Crippen LogP) is 4.65. The standard InChI is InChI=1S/C27H34N4O5S/c1-17-9-11-20(12-10-17)37(34,35)31-23-15-21(29-26(33)36-27(3,4)5)18(2)13-19(23)14-24(31)25(32)22(28-6)16-30(7)8/h9-16,28H,1-8H3,(H,29,33)/b22-16-. The quantitative estimate of drug-likeness (QED) is 0.341. The second-order valence-electron chi connectivity index (χ2n) is 10.1. The van der Waals surface area contributed by atoms with Gasteiger partial charge in [-0.1, -0.05) is 17.7 Å². The average Bonchev–Trinajstić information content (AvgIpc) is 3.15. The molecule has 0 saturated heterocycles. The van der Waals surface area contributed by atoms with Crippen molar-refractivity contribution in [2.24, 2.45) is 0 Å². The van der Waals surface area contributed by atoms with Crippen LogP contribution >= 0.6 is 0 Å². The Kier molecular flexibility index (Phi) is 7.73. The number of nitrogens with zero attached hydrogens (tertiary/aromatic N) is 2. The van der Waals surface area contributed by atoms with E-state index in [1.54, 1.807) is 90.3 Å². The smallest absolute Gasteiger partial charge is 0.412 e. The maximum Gasteiger partial charge on any atom is 0.412 e. The Morgan fingerprint density at radius 1 is 1.03 bits per heavy atom. The van der Waals surface area contributed by atoms with E-state index in [0.717, 1.165) is 9.54 Å². The molecule has 9 nitrogen and oxygen atoms in total. The van der Waals surface area contributed by atoms with E-state index in [1.165, 1.54) is 12.1 Å². The van der Waals surface area contributed by atoms with Gasteiger partial charge in [0, 0.05) is 38.4 Å². The summed E-state index contributed by atoms with van der Waals surface area (Å²) < 4.78 is 34.3. The molecule has 0 spiro atoms. The Morgan fingerprint density at radius 2 is 1.65 bits per heavy atom. The Balaban J connectivity index is 2.29. The topological polar surface area (TPSA) is 110 Å². The minimum Gasteiger partial charge on any atom is -0.444 e. The van der Waals surface area contributed by atoms with Gasteiger partial charge in [0.25, 0.3) is 10.0 Å². The molecule has 3 rings (SSSR count). The molecule has 0 aliphatic heterocycles. The number of aryl methyl sites for hydroxylation is 2. The number of ketones is 1.